The Morgan fingerprint density at radius 3 is 2.94 bits per heavy atom. The van der Waals surface area contributed by atoms with Gasteiger partial charge < -0.3 is 10.1 Å². The fourth-order valence-electron chi connectivity index (χ4n) is 1.56. The third-order valence-corrected chi connectivity index (χ3v) is 2.31. The quantitative estimate of drug-likeness (QED) is 0.748. The van der Waals surface area contributed by atoms with Crippen LogP contribution in [0.3, 0.4) is 0 Å². The standard InChI is InChI=1S/C13H18FNO/c1-4-8-16-13-9-11(14)6-7-12(13)10(3)15-5-2/h4,6-7,9-10,15H,1,5,8H2,2-3H3. The second kappa shape index (κ2) is 6.28. The SMILES string of the molecule is C=CCOc1cc(F)ccc1C(C)NCC. The summed E-state index contributed by atoms with van der Waals surface area (Å²) in [6.07, 6.45) is 1.65. The van der Waals surface area contributed by atoms with Crippen molar-refractivity contribution in [3.8, 4) is 5.75 Å². The molecule has 1 atom stereocenters. The number of rotatable bonds is 6. The molecule has 0 aliphatic heterocycles. The third-order valence-electron chi connectivity index (χ3n) is 2.31. The van der Waals surface area contributed by atoms with E-state index in [1.807, 2.05) is 13.8 Å². The Morgan fingerprint density at radius 1 is 1.56 bits per heavy atom. The van der Waals surface area contributed by atoms with Crippen molar-refractivity contribution in [3.05, 3.63) is 42.2 Å². The zero-order valence-electron chi connectivity index (χ0n) is 9.79. The molecule has 2 nitrogen and oxygen atoms in total. The van der Waals surface area contributed by atoms with Gasteiger partial charge in [0.05, 0.1) is 0 Å². The van der Waals surface area contributed by atoms with Crippen molar-refractivity contribution >= 4 is 0 Å². The van der Waals surface area contributed by atoms with Gasteiger partial charge in [0.1, 0.15) is 18.2 Å². The first-order valence-electron chi connectivity index (χ1n) is 5.45. The highest BCUT2D eigenvalue weighted by Crippen LogP contribution is 2.26. The maximum absolute atomic E-state index is 13.1. The molecule has 1 rings (SSSR count). The Morgan fingerprint density at radius 2 is 2.31 bits per heavy atom. The van der Waals surface area contributed by atoms with Gasteiger partial charge in [-0.05, 0) is 19.5 Å². The molecule has 0 radical (unpaired) electrons. The normalized spacial score (nSPS) is 12.2. The molecule has 0 saturated carbocycles. The van der Waals surface area contributed by atoms with Crippen LogP contribution >= 0.6 is 0 Å². The summed E-state index contributed by atoms with van der Waals surface area (Å²) in [6, 6.07) is 4.75. The van der Waals surface area contributed by atoms with Crippen LogP contribution in [0.1, 0.15) is 25.5 Å². The van der Waals surface area contributed by atoms with Crippen molar-refractivity contribution in [1.82, 2.24) is 5.32 Å². The first-order valence-corrected chi connectivity index (χ1v) is 5.45. The lowest BCUT2D eigenvalue weighted by molar-refractivity contribution is 0.352. The summed E-state index contributed by atoms with van der Waals surface area (Å²) < 4.78 is 18.5. The molecule has 0 saturated heterocycles. The van der Waals surface area contributed by atoms with Crippen molar-refractivity contribution in [2.75, 3.05) is 13.2 Å². The summed E-state index contributed by atoms with van der Waals surface area (Å²) in [5.74, 6) is 0.292. The average molecular weight is 223 g/mol. The van der Waals surface area contributed by atoms with Crippen molar-refractivity contribution in [1.29, 1.82) is 0 Å². The van der Waals surface area contributed by atoms with E-state index in [0.717, 1.165) is 12.1 Å². The Bertz CT molecular complexity index is 352. The van der Waals surface area contributed by atoms with E-state index in [2.05, 4.69) is 11.9 Å². The minimum absolute atomic E-state index is 0.144. The van der Waals surface area contributed by atoms with E-state index in [-0.39, 0.29) is 11.9 Å². The molecule has 3 heteroatoms. The number of ether oxygens (including phenoxy) is 1. The van der Waals surface area contributed by atoms with Crippen LogP contribution < -0.4 is 10.1 Å². The van der Waals surface area contributed by atoms with Crippen molar-refractivity contribution in [2.24, 2.45) is 0 Å². The third kappa shape index (κ3) is 3.35. The smallest absolute Gasteiger partial charge is 0.127 e. The predicted octanol–water partition coefficient (Wildman–Crippen LogP) is 3.06. The molecule has 0 fully saturated rings. The topological polar surface area (TPSA) is 21.3 Å². The van der Waals surface area contributed by atoms with Crippen LogP contribution in [-0.4, -0.2) is 13.2 Å². The van der Waals surface area contributed by atoms with Crippen LogP contribution in [0, 0.1) is 5.82 Å². The van der Waals surface area contributed by atoms with Crippen molar-refractivity contribution in [2.45, 2.75) is 19.9 Å². The lowest BCUT2D eigenvalue weighted by atomic mass is 10.1. The Labute approximate surface area is 96.1 Å². The van der Waals surface area contributed by atoms with E-state index in [9.17, 15) is 4.39 Å². The Hall–Kier alpha value is -1.35. The van der Waals surface area contributed by atoms with Gasteiger partial charge in [-0.3, -0.25) is 0 Å². The summed E-state index contributed by atoms with van der Waals surface area (Å²) in [5.41, 5.74) is 0.963. The highest BCUT2D eigenvalue weighted by Gasteiger charge is 2.11. The fraction of sp³-hybridized carbons (Fsp3) is 0.385. The van der Waals surface area contributed by atoms with Gasteiger partial charge in [-0.1, -0.05) is 25.6 Å². The fourth-order valence-corrected chi connectivity index (χ4v) is 1.56. The molecule has 0 aliphatic rings. The summed E-state index contributed by atoms with van der Waals surface area (Å²) >= 11 is 0. The summed E-state index contributed by atoms with van der Waals surface area (Å²) in [4.78, 5) is 0. The molecule has 0 heterocycles. The highest BCUT2D eigenvalue weighted by atomic mass is 19.1. The van der Waals surface area contributed by atoms with Crippen LogP contribution in [0.5, 0.6) is 5.75 Å². The van der Waals surface area contributed by atoms with Crippen molar-refractivity contribution in [3.63, 3.8) is 0 Å². The van der Waals surface area contributed by atoms with Crippen LogP contribution in [0.15, 0.2) is 30.9 Å². The number of nitrogens with one attached hydrogen (secondary N) is 1. The number of halogens is 1. The molecule has 0 aliphatic carbocycles. The minimum Gasteiger partial charge on any atom is -0.489 e. The van der Waals surface area contributed by atoms with Gasteiger partial charge in [0.15, 0.2) is 0 Å². The molecule has 16 heavy (non-hydrogen) atoms. The molecular formula is C13H18FNO. The maximum atomic E-state index is 13.1. The molecule has 1 aromatic carbocycles. The summed E-state index contributed by atoms with van der Waals surface area (Å²) in [5, 5.41) is 3.27. The summed E-state index contributed by atoms with van der Waals surface area (Å²) in [7, 11) is 0. The van der Waals surface area contributed by atoms with Crippen LogP contribution in [0.25, 0.3) is 0 Å². The van der Waals surface area contributed by atoms with Crippen LogP contribution in [-0.2, 0) is 0 Å². The maximum Gasteiger partial charge on any atom is 0.127 e. The largest absolute Gasteiger partial charge is 0.489 e. The first-order chi connectivity index (χ1) is 7.69. The minimum atomic E-state index is -0.286. The molecular weight excluding hydrogens is 205 g/mol. The van der Waals surface area contributed by atoms with Gasteiger partial charge >= 0.3 is 0 Å². The second-order valence-corrected chi connectivity index (χ2v) is 3.56. The van der Waals surface area contributed by atoms with E-state index >= 15 is 0 Å². The van der Waals surface area contributed by atoms with E-state index in [1.165, 1.54) is 12.1 Å². The molecule has 1 aromatic rings. The lowest BCUT2D eigenvalue weighted by Crippen LogP contribution is -2.18. The van der Waals surface area contributed by atoms with Crippen molar-refractivity contribution < 1.29 is 9.13 Å². The van der Waals surface area contributed by atoms with E-state index < -0.39 is 0 Å². The highest BCUT2D eigenvalue weighted by molar-refractivity contribution is 5.36. The van der Waals surface area contributed by atoms with Gasteiger partial charge in [0.25, 0.3) is 0 Å². The molecule has 0 amide bonds. The molecule has 1 N–H and O–H groups in total. The van der Waals surface area contributed by atoms with E-state index in [0.29, 0.717) is 12.4 Å². The number of hydrogen-bond acceptors (Lipinski definition) is 2. The molecule has 0 bridgehead atoms. The van der Waals surface area contributed by atoms with Gasteiger partial charge in [-0.2, -0.15) is 0 Å². The number of benzene rings is 1. The van der Waals surface area contributed by atoms with Gasteiger partial charge in [0.2, 0.25) is 0 Å². The average Bonchev–Trinajstić information content (AvgIpc) is 2.26. The number of hydrogen-bond donors (Lipinski definition) is 1. The zero-order chi connectivity index (χ0) is 12.0. The van der Waals surface area contributed by atoms with Gasteiger partial charge in [-0.25, -0.2) is 4.39 Å². The molecule has 88 valence electrons. The summed E-state index contributed by atoms with van der Waals surface area (Å²) in [6.45, 7) is 8.88. The molecule has 0 aromatic heterocycles. The first kappa shape index (κ1) is 12.7. The zero-order valence-corrected chi connectivity index (χ0v) is 9.79. The van der Waals surface area contributed by atoms with E-state index in [4.69, 9.17) is 4.74 Å². The monoisotopic (exact) mass is 223 g/mol. The molecule has 0 spiro atoms. The Kier molecular flexibility index (Phi) is 4.99. The second-order valence-electron chi connectivity index (χ2n) is 3.56. The van der Waals surface area contributed by atoms with E-state index in [1.54, 1.807) is 12.1 Å². The van der Waals surface area contributed by atoms with Crippen LogP contribution in [0.4, 0.5) is 4.39 Å². The Balaban J connectivity index is 2.91. The van der Waals surface area contributed by atoms with Crippen LogP contribution in [0.2, 0.25) is 0 Å². The van der Waals surface area contributed by atoms with Gasteiger partial charge in [0, 0.05) is 17.7 Å². The lowest BCUT2D eigenvalue weighted by Gasteiger charge is -2.17. The predicted molar refractivity (Wildman–Crippen MR) is 64.2 cm³/mol. The van der Waals surface area contributed by atoms with Gasteiger partial charge in [-0.15, -0.1) is 0 Å². The molecule has 1 unspecified atom stereocenters.